The number of hydrogen-bond acceptors (Lipinski definition) is 4. The highest BCUT2D eigenvalue weighted by Crippen LogP contribution is 2.18. The molecule has 1 N–H and O–H groups in total. The molecule has 0 aliphatic carbocycles. The predicted molar refractivity (Wildman–Crippen MR) is 54.1 cm³/mol. The summed E-state index contributed by atoms with van der Waals surface area (Å²) >= 11 is 3.00. The van der Waals surface area contributed by atoms with Crippen LogP contribution in [0.4, 0.5) is 0 Å². The van der Waals surface area contributed by atoms with Gasteiger partial charge < -0.3 is 9.84 Å². The SMILES string of the molecule is COc1cc(CC(O)Br)ncc1C#N. The molecule has 0 aliphatic rings. The van der Waals surface area contributed by atoms with E-state index < -0.39 is 5.01 Å². The van der Waals surface area contributed by atoms with Gasteiger partial charge >= 0.3 is 0 Å². The van der Waals surface area contributed by atoms with Crippen molar-refractivity contribution >= 4 is 15.9 Å². The Morgan fingerprint density at radius 3 is 3.00 bits per heavy atom. The van der Waals surface area contributed by atoms with Gasteiger partial charge in [0, 0.05) is 24.4 Å². The summed E-state index contributed by atoms with van der Waals surface area (Å²) < 4.78 is 5.00. The Morgan fingerprint density at radius 1 is 1.79 bits per heavy atom. The van der Waals surface area contributed by atoms with Crippen molar-refractivity contribution in [3.63, 3.8) is 0 Å². The second-order valence-electron chi connectivity index (χ2n) is 2.63. The first-order valence-electron chi connectivity index (χ1n) is 3.92. The third-order valence-corrected chi connectivity index (χ3v) is 1.96. The van der Waals surface area contributed by atoms with E-state index in [1.54, 1.807) is 6.07 Å². The topological polar surface area (TPSA) is 66.1 Å². The Morgan fingerprint density at radius 2 is 2.50 bits per heavy atom. The van der Waals surface area contributed by atoms with Crippen molar-refractivity contribution in [3.8, 4) is 11.8 Å². The fourth-order valence-corrected chi connectivity index (χ4v) is 1.35. The van der Waals surface area contributed by atoms with E-state index in [4.69, 9.17) is 15.1 Å². The van der Waals surface area contributed by atoms with Crippen LogP contribution < -0.4 is 4.74 Å². The first kappa shape index (κ1) is 11.0. The lowest BCUT2D eigenvalue weighted by molar-refractivity contribution is 0.269. The second-order valence-corrected chi connectivity index (χ2v) is 3.68. The number of aliphatic hydroxyl groups is 1. The minimum absolute atomic E-state index is 0.377. The molecule has 14 heavy (non-hydrogen) atoms. The number of rotatable bonds is 3. The lowest BCUT2D eigenvalue weighted by atomic mass is 10.2. The van der Waals surface area contributed by atoms with Crippen LogP contribution in [0.5, 0.6) is 5.75 Å². The average molecular weight is 257 g/mol. The Kier molecular flexibility index (Phi) is 3.86. The fourth-order valence-electron chi connectivity index (χ4n) is 1.01. The van der Waals surface area contributed by atoms with Crippen molar-refractivity contribution in [1.82, 2.24) is 4.98 Å². The van der Waals surface area contributed by atoms with Gasteiger partial charge in [-0.25, -0.2) is 0 Å². The number of nitrogens with zero attached hydrogens (tertiary/aromatic N) is 2. The molecule has 0 amide bonds. The second kappa shape index (κ2) is 4.94. The Bertz CT molecular complexity index is 360. The minimum atomic E-state index is -0.632. The van der Waals surface area contributed by atoms with Crippen molar-refractivity contribution in [2.75, 3.05) is 7.11 Å². The quantitative estimate of drug-likeness (QED) is 0.826. The predicted octanol–water partition coefficient (Wildman–Crippen LogP) is 1.22. The van der Waals surface area contributed by atoms with E-state index in [2.05, 4.69) is 20.9 Å². The molecule has 0 radical (unpaired) electrons. The summed E-state index contributed by atoms with van der Waals surface area (Å²) in [5, 5.41) is 17.1. The van der Waals surface area contributed by atoms with Crippen LogP contribution in [0.2, 0.25) is 0 Å². The molecule has 1 aromatic heterocycles. The van der Waals surface area contributed by atoms with Crippen molar-refractivity contribution in [2.24, 2.45) is 0 Å². The molecule has 5 heteroatoms. The summed E-state index contributed by atoms with van der Waals surface area (Å²) in [7, 11) is 1.49. The highest BCUT2D eigenvalue weighted by Gasteiger charge is 2.07. The van der Waals surface area contributed by atoms with Crippen LogP contribution in [0.1, 0.15) is 11.3 Å². The largest absolute Gasteiger partial charge is 0.495 e. The van der Waals surface area contributed by atoms with Gasteiger partial charge in [-0.1, -0.05) is 15.9 Å². The van der Waals surface area contributed by atoms with Crippen LogP contribution in [0, 0.1) is 11.3 Å². The molecule has 1 heterocycles. The number of pyridine rings is 1. The number of aliphatic hydroxyl groups excluding tert-OH is 1. The van der Waals surface area contributed by atoms with E-state index in [-0.39, 0.29) is 0 Å². The van der Waals surface area contributed by atoms with E-state index in [1.165, 1.54) is 13.3 Å². The molecule has 1 unspecified atom stereocenters. The Labute approximate surface area is 90.3 Å². The maximum Gasteiger partial charge on any atom is 0.140 e. The lowest BCUT2D eigenvalue weighted by Crippen LogP contribution is -2.03. The monoisotopic (exact) mass is 256 g/mol. The van der Waals surface area contributed by atoms with Crippen LogP contribution in [-0.2, 0) is 6.42 Å². The number of halogens is 1. The van der Waals surface area contributed by atoms with Gasteiger partial charge in [0.05, 0.1) is 7.11 Å². The summed E-state index contributed by atoms with van der Waals surface area (Å²) in [6, 6.07) is 3.61. The van der Waals surface area contributed by atoms with Crippen molar-refractivity contribution in [1.29, 1.82) is 5.26 Å². The van der Waals surface area contributed by atoms with Gasteiger partial charge in [-0.05, 0) is 0 Å². The molecule has 0 spiro atoms. The third-order valence-electron chi connectivity index (χ3n) is 1.64. The van der Waals surface area contributed by atoms with Crippen LogP contribution in [-0.4, -0.2) is 22.2 Å². The molecule has 1 atom stereocenters. The molecular weight excluding hydrogens is 248 g/mol. The fraction of sp³-hybridized carbons (Fsp3) is 0.333. The summed E-state index contributed by atoms with van der Waals surface area (Å²) in [4.78, 5) is 4.01. The van der Waals surface area contributed by atoms with E-state index in [9.17, 15) is 0 Å². The first-order chi connectivity index (χ1) is 6.67. The number of aromatic nitrogens is 1. The van der Waals surface area contributed by atoms with E-state index in [0.29, 0.717) is 23.4 Å². The number of nitriles is 1. The first-order valence-corrected chi connectivity index (χ1v) is 4.84. The van der Waals surface area contributed by atoms with Gasteiger partial charge in [0.25, 0.3) is 0 Å². The van der Waals surface area contributed by atoms with E-state index >= 15 is 0 Å². The molecular formula is C9H9BrN2O2. The molecule has 0 saturated heterocycles. The molecule has 0 fully saturated rings. The third kappa shape index (κ3) is 2.69. The molecule has 0 aliphatic heterocycles. The highest BCUT2D eigenvalue weighted by molar-refractivity contribution is 9.09. The Hall–Kier alpha value is -1.12. The maximum atomic E-state index is 9.07. The maximum absolute atomic E-state index is 9.07. The standard InChI is InChI=1S/C9H9BrN2O2/c1-14-8-2-7(3-9(10)13)12-5-6(8)4-11/h2,5,9,13H,3H2,1H3. The molecule has 4 nitrogen and oxygen atoms in total. The molecule has 1 rings (SSSR count). The van der Waals surface area contributed by atoms with Gasteiger partial charge in [0.2, 0.25) is 0 Å². The summed E-state index contributed by atoms with van der Waals surface area (Å²) in [6.45, 7) is 0. The number of methoxy groups -OCH3 is 1. The van der Waals surface area contributed by atoms with Gasteiger partial charge in [0.1, 0.15) is 22.4 Å². The number of alkyl halides is 1. The molecule has 1 aromatic rings. The molecule has 0 saturated carbocycles. The van der Waals surface area contributed by atoms with Crippen molar-refractivity contribution < 1.29 is 9.84 Å². The summed E-state index contributed by atoms with van der Waals surface area (Å²) in [5.74, 6) is 0.477. The normalized spacial score (nSPS) is 11.9. The smallest absolute Gasteiger partial charge is 0.140 e. The van der Waals surface area contributed by atoms with Gasteiger partial charge in [-0.2, -0.15) is 5.26 Å². The van der Waals surface area contributed by atoms with Gasteiger partial charge in [-0.3, -0.25) is 4.98 Å². The average Bonchev–Trinajstić information content (AvgIpc) is 2.16. The number of hydrogen-bond donors (Lipinski definition) is 1. The highest BCUT2D eigenvalue weighted by atomic mass is 79.9. The zero-order chi connectivity index (χ0) is 10.6. The number of ether oxygens (including phenoxy) is 1. The molecule has 0 bridgehead atoms. The Balaban J connectivity index is 2.97. The van der Waals surface area contributed by atoms with Gasteiger partial charge in [0.15, 0.2) is 0 Å². The van der Waals surface area contributed by atoms with Crippen LogP contribution in [0.25, 0.3) is 0 Å². The molecule has 0 aromatic carbocycles. The zero-order valence-electron chi connectivity index (χ0n) is 7.57. The van der Waals surface area contributed by atoms with Crippen LogP contribution >= 0.6 is 15.9 Å². The van der Waals surface area contributed by atoms with Crippen molar-refractivity contribution in [2.45, 2.75) is 11.4 Å². The van der Waals surface area contributed by atoms with Crippen LogP contribution in [0.15, 0.2) is 12.3 Å². The lowest BCUT2D eigenvalue weighted by Gasteiger charge is -2.05. The van der Waals surface area contributed by atoms with Crippen molar-refractivity contribution in [3.05, 3.63) is 23.5 Å². The minimum Gasteiger partial charge on any atom is -0.495 e. The summed E-state index contributed by atoms with van der Waals surface area (Å²) in [6.07, 6.45) is 1.81. The van der Waals surface area contributed by atoms with E-state index in [1.807, 2.05) is 6.07 Å². The van der Waals surface area contributed by atoms with Crippen LogP contribution in [0.3, 0.4) is 0 Å². The zero-order valence-corrected chi connectivity index (χ0v) is 9.15. The van der Waals surface area contributed by atoms with E-state index in [0.717, 1.165) is 0 Å². The summed E-state index contributed by atoms with van der Waals surface area (Å²) in [5.41, 5.74) is 1.06. The molecule has 74 valence electrons. The van der Waals surface area contributed by atoms with Gasteiger partial charge in [-0.15, -0.1) is 0 Å².